The number of benzene rings is 2. The van der Waals surface area contributed by atoms with Crippen molar-refractivity contribution in [2.45, 2.75) is 33.4 Å². The van der Waals surface area contributed by atoms with Gasteiger partial charge in [0, 0.05) is 11.6 Å². The largest absolute Gasteiger partial charge is 0.489 e. The number of rotatable bonds is 7. The summed E-state index contributed by atoms with van der Waals surface area (Å²) in [5.74, 6) is 0.963. The number of hydrogen-bond donors (Lipinski definition) is 1. The molecule has 0 atom stereocenters. The summed E-state index contributed by atoms with van der Waals surface area (Å²) in [5.41, 5.74) is 2.93. The van der Waals surface area contributed by atoms with Crippen molar-refractivity contribution in [3.05, 3.63) is 81.7 Å². The van der Waals surface area contributed by atoms with E-state index in [1.54, 1.807) is 13.0 Å². The van der Waals surface area contributed by atoms with E-state index in [9.17, 15) is 4.79 Å². The predicted molar refractivity (Wildman–Crippen MR) is 104 cm³/mol. The van der Waals surface area contributed by atoms with Gasteiger partial charge in [0.1, 0.15) is 18.1 Å². The SMILES string of the molecule is CCc1ccc(OCc2c(C(=O)NCc3ccccc3Cl)noc2C)cc1. The standard InChI is InChI=1S/C21H21ClN2O3/c1-3-15-8-10-17(11-9-15)26-13-18-14(2)27-24-20(18)21(25)23-12-16-6-4-5-7-19(16)22/h4-11H,3,12-13H2,1-2H3,(H,23,25). The van der Waals surface area contributed by atoms with Crippen LogP contribution in [0.5, 0.6) is 5.75 Å². The highest BCUT2D eigenvalue weighted by Crippen LogP contribution is 2.19. The van der Waals surface area contributed by atoms with Gasteiger partial charge in [-0.3, -0.25) is 4.79 Å². The molecule has 0 fully saturated rings. The van der Waals surface area contributed by atoms with Crippen LogP contribution in [0.1, 0.15) is 39.9 Å². The Labute approximate surface area is 163 Å². The van der Waals surface area contributed by atoms with Crippen LogP contribution in [0.4, 0.5) is 0 Å². The highest BCUT2D eigenvalue weighted by molar-refractivity contribution is 6.31. The number of ether oxygens (including phenoxy) is 1. The fourth-order valence-corrected chi connectivity index (χ4v) is 2.82. The number of carbonyl (C=O) groups excluding carboxylic acids is 1. The molecule has 5 nitrogen and oxygen atoms in total. The van der Waals surface area contributed by atoms with Crippen LogP contribution in [0, 0.1) is 6.92 Å². The van der Waals surface area contributed by atoms with E-state index in [2.05, 4.69) is 17.4 Å². The maximum Gasteiger partial charge on any atom is 0.274 e. The summed E-state index contributed by atoms with van der Waals surface area (Å²) in [7, 11) is 0. The topological polar surface area (TPSA) is 64.4 Å². The third kappa shape index (κ3) is 4.68. The zero-order valence-corrected chi connectivity index (χ0v) is 16.0. The van der Waals surface area contributed by atoms with Crippen molar-refractivity contribution in [2.75, 3.05) is 0 Å². The van der Waals surface area contributed by atoms with Crippen LogP contribution in [0.3, 0.4) is 0 Å². The molecule has 0 aliphatic carbocycles. The number of carbonyl (C=O) groups is 1. The molecule has 27 heavy (non-hydrogen) atoms. The number of hydrogen-bond acceptors (Lipinski definition) is 4. The first-order valence-electron chi connectivity index (χ1n) is 8.77. The molecule has 1 aromatic heterocycles. The van der Waals surface area contributed by atoms with E-state index >= 15 is 0 Å². The van der Waals surface area contributed by atoms with Crippen molar-refractivity contribution < 1.29 is 14.1 Å². The lowest BCUT2D eigenvalue weighted by atomic mass is 10.1. The van der Waals surface area contributed by atoms with Crippen molar-refractivity contribution in [3.63, 3.8) is 0 Å². The molecule has 1 amide bonds. The quantitative estimate of drug-likeness (QED) is 0.640. The molecule has 0 saturated carbocycles. The maximum atomic E-state index is 12.5. The van der Waals surface area contributed by atoms with Crippen LogP contribution in [-0.4, -0.2) is 11.1 Å². The fraction of sp³-hybridized carbons (Fsp3) is 0.238. The minimum atomic E-state index is -0.327. The van der Waals surface area contributed by atoms with E-state index in [1.807, 2.05) is 42.5 Å². The van der Waals surface area contributed by atoms with Crippen molar-refractivity contribution in [2.24, 2.45) is 0 Å². The van der Waals surface area contributed by atoms with Gasteiger partial charge in [-0.25, -0.2) is 0 Å². The van der Waals surface area contributed by atoms with E-state index < -0.39 is 0 Å². The summed E-state index contributed by atoms with van der Waals surface area (Å²) >= 11 is 6.12. The maximum absolute atomic E-state index is 12.5. The van der Waals surface area contributed by atoms with Crippen molar-refractivity contribution in [1.29, 1.82) is 0 Å². The lowest BCUT2D eigenvalue weighted by molar-refractivity contribution is 0.0939. The van der Waals surface area contributed by atoms with Gasteiger partial charge < -0.3 is 14.6 Å². The molecule has 3 aromatic rings. The predicted octanol–water partition coefficient (Wildman–Crippen LogP) is 4.71. The molecule has 0 spiro atoms. The highest BCUT2D eigenvalue weighted by atomic mass is 35.5. The van der Waals surface area contributed by atoms with Crippen LogP contribution in [0.2, 0.25) is 5.02 Å². The van der Waals surface area contributed by atoms with Crippen molar-refractivity contribution in [1.82, 2.24) is 10.5 Å². The van der Waals surface area contributed by atoms with E-state index in [0.717, 1.165) is 17.7 Å². The fourth-order valence-electron chi connectivity index (χ4n) is 2.62. The zero-order chi connectivity index (χ0) is 19.2. The molecule has 0 aliphatic heterocycles. The van der Waals surface area contributed by atoms with Gasteiger partial charge in [-0.15, -0.1) is 0 Å². The first kappa shape index (κ1) is 19.0. The Morgan fingerprint density at radius 3 is 2.63 bits per heavy atom. The minimum absolute atomic E-state index is 0.204. The first-order chi connectivity index (χ1) is 13.1. The van der Waals surface area contributed by atoms with E-state index in [0.29, 0.717) is 22.9 Å². The van der Waals surface area contributed by atoms with Gasteiger partial charge in [-0.1, -0.05) is 54.0 Å². The second kappa shape index (κ2) is 8.73. The van der Waals surface area contributed by atoms with Gasteiger partial charge in [0.15, 0.2) is 5.69 Å². The summed E-state index contributed by atoms with van der Waals surface area (Å²) in [4.78, 5) is 12.5. The van der Waals surface area contributed by atoms with Gasteiger partial charge in [-0.05, 0) is 42.7 Å². The lowest BCUT2D eigenvalue weighted by Crippen LogP contribution is -2.24. The smallest absolute Gasteiger partial charge is 0.274 e. The van der Waals surface area contributed by atoms with Gasteiger partial charge >= 0.3 is 0 Å². The van der Waals surface area contributed by atoms with E-state index in [1.165, 1.54) is 5.56 Å². The Morgan fingerprint density at radius 2 is 1.93 bits per heavy atom. The molecule has 1 heterocycles. The molecule has 140 valence electrons. The van der Waals surface area contributed by atoms with Crippen LogP contribution in [0.25, 0.3) is 0 Å². The van der Waals surface area contributed by atoms with Gasteiger partial charge in [0.2, 0.25) is 0 Å². The summed E-state index contributed by atoms with van der Waals surface area (Å²) < 4.78 is 11.0. The monoisotopic (exact) mass is 384 g/mol. The highest BCUT2D eigenvalue weighted by Gasteiger charge is 2.20. The van der Waals surface area contributed by atoms with E-state index in [4.69, 9.17) is 20.9 Å². The molecule has 6 heteroatoms. The molecule has 3 rings (SSSR count). The molecule has 0 unspecified atom stereocenters. The number of halogens is 1. The van der Waals surface area contributed by atoms with Crippen LogP contribution in [-0.2, 0) is 19.6 Å². The number of nitrogens with zero attached hydrogens (tertiary/aromatic N) is 1. The Kier molecular flexibility index (Phi) is 6.14. The van der Waals surface area contributed by atoms with Crippen LogP contribution in [0.15, 0.2) is 53.1 Å². The summed E-state index contributed by atoms with van der Waals surface area (Å²) in [6.45, 7) is 4.37. The second-order valence-corrected chi connectivity index (χ2v) is 6.53. The minimum Gasteiger partial charge on any atom is -0.489 e. The average Bonchev–Trinajstić information content (AvgIpc) is 3.06. The first-order valence-corrected chi connectivity index (χ1v) is 9.14. The third-order valence-electron chi connectivity index (χ3n) is 4.31. The van der Waals surface area contributed by atoms with Crippen molar-refractivity contribution >= 4 is 17.5 Å². The molecule has 1 N–H and O–H groups in total. The molecular formula is C21H21ClN2O3. The Morgan fingerprint density at radius 1 is 1.19 bits per heavy atom. The molecule has 2 aromatic carbocycles. The molecular weight excluding hydrogens is 364 g/mol. The molecule has 0 radical (unpaired) electrons. The van der Waals surface area contributed by atoms with Crippen LogP contribution < -0.4 is 10.1 Å². The number of aryl methyl sites for hydroxylation is 2. The molecule has 0 aliphatic rings. The number of aromatic nitrogens is 1. The Hall–Kier alpha value is -2.79. The summed E-state index contributed by atoms with van der Waals surface area (Å²) in [6, 6.07) is 15.2. The molecule has 0 saturated heterocycles. The number of amides is 1. The lowest BCUT2D eigenvalue weighted by Gasteiger charge is -2.08. The zero-order valence-electron chi connectivity index (χ0n) is 15.3. The van der Waals surface area contributed by atoms with Crippen LogP contribution >= 0.6 is 11.6 Å². The number of nitrogens with one attached hydrogen (secondary N) is 1. The van der Waals surface area contributed by atoms with Gasteiger partial charge in [0.05, 0.1) is 5.56 Å². The Bertz CT molecular complexity index is 919. The summed E-state index contributed by atoms with van der Waals surface area (Å²) in [5, 5.41) is 7.32. The summed E-state index contributed by atoms with van der Waals surface area (Å²) in [6.07, 6.45) is 0.973. The average molecular weight is 385 g/mol. The molecule has 0 bridgehead atoms. The van der Waals surface area contributed by atoms with E-state index in [-0.39, 0.29) is 18.2 Å². The Balaban J connectivity index is 1.66. The second-order valence-electron chi connectivity index (χ2n) is 6.13. The van der Waals surface area contributed by atoms with Crippen molar-refractivity contribution in [3.8, 4) is 5.75 Å². The van der Waals surface area contributed by atoms with Gasteiger partial charge in [-0.2, -0.15) is 0 Å². The van der Waals surface area contributed by atoms with Gasteiger partial charge in [0.25, 0.3) is 5.91 Å². The third-order valence-corrected chi connectivity index (χ3v) is 4.68. The normalized spacial score (nSPS) is 10.6.